The molecule has 0 saturated carbocycles. The second-order valence-electron chi connectivity index (χ2n) is 1.46. The summed E-state index contributed by atoms with van der Waals surface area (Å²) in [6, 6.07) is 3.77. The molecule has 0 N–H and O–H groups in total. The van der Waals surface area contributed by atoms with Gasteiger partial charge in [-0.3, -0.25) is 4.98 Å². The molecule has 1 heteroatoms. The van der Waals surface area contributed by atoms with E-state index in [0.29, 0.717) is 0 Å². The molecule has 1 aromatic rings. The van der Waals surface area contributed by atoms with Crippen LogP contribution in [-0.4, -0.2) is 4.98 Å². The topological polar surface area (TPSA) is 12.9 Å². The molecule has 0 saturated heterocycles. The third-order valence-electron chi connectivity index (χ3n) is 0.763. The third kappa shape index (κ3) is 1.000. The van der Waals surface area contributed by atoms with Gasteiger partial charge in [0.2, 0.25) is 0 Å². The minimum atomic E-state index is 1.18. The second kappa shape index (κ2) is 1.73. The van der Waals surface area contributed by atoms with E-state index in [1.165, 1.54) is 5.56 Å². The van der Waals surface area contributed by atoms with Gasteiger partial charge in [0, 0.05) is 6.20 Å². The predicted molar refractivity (Wildman–Crippen MR) is 27.8 cm³/mol. The first-order chi connectivity index (χ1) is 3.39. The molecule has 1 heterocycles. The van der Waals surface area contributed by atoms with Crippen LogP contribution in [0, 0.1) is 13.1 Å². The van der Waals surface area contributed by atoms with Crippen LogP contribution < -0.4 is 0 Å². The molecule has 0 aliphatic rings. The average molecular weight is 92.1 g/mol. The quantitative estimate of drug-likeness (QED) is 0.468. The Balaban J connectivity index is 3.02. The highest BCUT2D eigenvalue weighted by molar-refractivity contribution is 5.03. The molecule has 1 aromatic heterocycles. The van der Waals surface area contributed by atoms with Gasteiger partial charge < -0.3 is 0 Å². The molecular formula is C6H6N. The average Bonchev–Trinajstić information content (AvgIpc) is 1.69. The summed E-state index contributed by atoms with van der Waals surface area (Å²) in [5.74, 6) is 0. The second-order valence-corrected chi connectivity index (χ2v) is 1.46. The zero-order chi connectivity index (χ0) is 5.11. The maximum absolute atomic E-state index is 3.76. The van der Waals surface area contributed by atoms with Crippen molar-refractivity contribution in [1.82, 2.24) is 4.98 Å². The smallest absolute Gasteiger partial charge is 0.0886 e. The van der Waals surface area contributed by atoms with Crippen molar-refractivity contribution >= 4 is 0 Å². The zero-order valence-corrected chi connectivity index (χ0v) is 4.18. The molecule has 1 rings (SSSR count). The van der Waals surface area contributed by atoms with Crippen LogP contribution in [0.3, 0.4) is 0 Å². The first-order valence-electron chi connectivity index (χ1n) is 2.18. The highest BCUT2D eigenvalue weighted by Crippen LogP contribution is 1.87. The van der Waals surface area contributed by atoms with Crippen molar-refractivity contribution < 1.29 is 0 Å². The van der Waals surface area contributed by atoms with E-state index in [0.717, 1.165) is 0 Å². The van der Waals surface area contributed by atoms with Crippen LogP contribution >= 0.6 is 0 Å². The normalized spacial score (nSPS) is 8.71. The lowest BCUT2D eigenvalue weighted by Gasteiger charge is -1.81. The Morgan fingerprint density at radius 2 is 2.57 bits per heavy atom. The van der Waals surface area contributed by atoms with E-state index in [2.05, 4.69) is 11.2 Å². The Morgan fingerprint density at radius 1 is 1.71 bits per heavy atom. The van der Waals surface area contributed by atoms with Crippen LogP contribution in [0.5, 0.6) is 0 Å². The molecule has 35 valence electrons. The molecule has 0 aromatic carbocycles. The summed E-state index contributed by atoms with van der Waals surface area (Å²) in [5.41, 5.74) is 1.18. The predicted octanol–water partition coefficient (Wildman–Crippen LogP) is 1.19. The molecule has 1 radical (unpaired) electrons. The van der Waals surface area contributed by atoms with Crippen molar-refractivity contribution in [2.45, 2.75) is 6.92 Å². The minimum Gasteiger partial charge on any atom is -0.254 e. The Bertz CT molecular complexity index is 134. The number of aryl methyl sites for hydroxylation is 1. The van der Waals surface area contributed by atoms with E-state index in [9.17, 15) is 0 Å². The maximum Gasteiger partial charge on any atom is 0.0886 e. The van der Waals surface area contributed by atoms with Crippen LogP contribution in [0.1, 0.15) is 5.56 Å². The number of aromatic nitrogens is 1. The first kappa shape index (κ1) is 4.31. The van der Waals surface area contributed by atoms with Crippen LogP contribution in [-0.2, 0) is 0 Å². The Hall–Kier alpha value is -0.850. The van der Waals surface area contributed by atoms with Gasteiger partial charge in [0.1, 0.15) is 0 Å². The molecule has 0 unspecified atom stereocenters. The monoisotopic (exact) mass is 92.1 g/mol. The standard InChI is InChI=1S/C6H6N/c1-6-3-2-4-7-5-6/h2-3,5H,1H3. The van der Waals surface area contributed by atoms with E-state index in [4.69, 9.17) is 0 Å². The summed E-state index contributed by atoms with van der Waals surface area (Å²) < 4.78 is 0. The molecule has 7 heavy (non-hydrogen) atoms. The van der Waals surface area contributed by atoms with Gasteiger partial charge in [0.25, 0.3) is 0 Å². The van der Waals surface area contributed by atoms with Crippen LogP contribution in [0.2, 0.25) is 0 Å². The Morgan fingerprint density at radius 3 is 2.86 bits per heavy atom. The van der Waals surface area contributed by atoms with Gasteiger partial charge in [-0.2, -0.15) is 0 Å². The largest absolute Gasteiger partial charge is 0.254 e. The van der Waals surface area contributed by atoms with E-state index >= 15 is 0 Å². The molecule has 0 bridgehead atoms. The van der Waals surface area contributed by atoms with Crippen molar-refractivity contribution in [3.05, 3.63) is 30.1 Å². The van der Waals surface area contributed by atoms with Crippen molar-refractivity contribution in [2.24, 2.45) is 0 Å². The number of pyridine rings is 1. The van der Waals surface area contributed by atoms with Crippen molar-refractivity contribution in [3.63, 3.8) is 0 Å². The molecule has 0 fully saturated rings. The molecular weight excluding hydrogens is 86.1 g/mol. The fraction of sp³-hybridized carbons (Fsp3) is 0.167. The molecule has 0 aliphatic carbocycles. The van der Waals surface area contributed by atoms with E-state index < -0.39 is 0 Å². The van der Waals surface area contributed by atoms with Gasteiger partial charge in [-0.05, 0) is 18.6 Å². The van der Waals surface area contributed by atoms with Gasteiger partial charge in [0.15, 0.2) is 0 Å². The van der Waals surface area contributed by atoms with E-state index in [1.807, 2.05) is 13.0 Å². The zero-order valence-electron chi connectivity index (χ0n) is 4.18. The van der Waals surface area contributed by atoms with Gasteiger partial charge in [-0.25, -0.2) is 0 Å². The van der Waals surface area contributed by atoms with Crippen LogP contribution in [0.25, 0.3) is 0 Å². The van der Waals surface area contributed by atoms with Crippen molar-refractivity contribution in [1.29, 1.82) is 0 Å². The molecule has 0 aliphatic heterocycles. The van der Waals surface area contributed by atoms with E-state index in [1.54, 1.807) is 12.3 Å². The summed E-state index contributed by atoms with van der Waals surface area (Å²) >= 11 is 0. The number of rotatable bonds is 0. The van der Waals surface area contributed by atoms with Gasteiger partial charge in [-0.1, -0.05) is 6.07 Å². The summed E-state index contributed by atoms with van der Waals surface area (Å²) in [6.45, 7) is 2.00. The van der Waals surface area contributed by atoms with Crippen molar-refractivity contribution in [3.8, 4) is 0 Å². The minimum absolute atomic E-state index is 1.18. The highest BCUT2D eigenvalue weighted by atomic mass is 14.6. The van der Waals surface area contributed by atoms with E-state index in [-0.39, 0.29) is 0 Å². The SMILES string of the molecule is Cc1cc[c]nc1. The molecule has 0 amide bonds. The van der Waals surface area contributed by atoms with Gasteiger partial charge in [-0.15, -0.1) is 0 Å². The van der Waals surface area contributed by atoms with Gasteiger partial charge >= 0.3 is 0 Å². The lowest BCUT2D eigenvalue weighted by molar-refractivity contribution is 1.26. The summed E-state index contributed by atoms with van der Waals surface area (Å²) in [5, 5.41) is 0. The first-order valence-corrected chi connectivity index (χ1v) is 2.18. The lowest BCUT2D eigenvalue weighted by Crippen LogP contribution is -1.70. The maximum atomic E-state index is 3.76. The van der Waals surface area contributed by atoms with Crippen LogP contribution in [0.4, 0.5) is 0 Å². The van der Waals surface area contributed by atoms with Gasteiger partial charge in [0.05, 0.1) is 6.20 Å². The van der Waals surface area contributed by atoms with Crippen molar-refractivity contribution in [2.75, 3.05) is 0 Å². The molecule has 1 nitrogen and oxygen atoms in total. The number of nitrogens with zero attached hydrogens (tertiary/aromatic N) is 1. The molecule has 0 atom stereocenters. The Labute approximate surface area is 43.0 Å². The fourth-order valence-corrected chi connectivity index (χ4v) is 0.394. The Kier molecular flexibility index (Phi) is 1.07. The summed E-state index contributed by atoms with van der Waals surface area (Å²) in [4.78, 5) is 3.76. The number of hydrogen-bond donors (Lipinski definition) is 0. The highest BCUT2D eigenvalue weighted by Gasteiger charge is 1.73. The summed E-state index contributed by atoms with van der Waals surface area (Å²) in [6.07, 6.45) is 4.46. The lowest BCUT2D eigenvalue weighted by atomic mass is 10.3. The number of hydrogen-bond acceptors (Lipinski definition) is 1. The third-order valence-corrected chi connectivity index (χ3v) is 0.763. The summed E-state index contributed by atoms with van der Waals surface area (Å²) in [7, 11) is 0. The molecule has 0 spiro atoms. The fourth-order valence-electron chi connectivity index (χ4n) is 0.394. The van der Waals surface area contributed by atoms with Crippen LogP contribution in [0.15, 0.2) is 18.3 Å².